The first-order valence-corrected chi connectivity index (χ1v) is 8.78. The van der Waals surface area contributed by atoms with Crippen LogP contribution in [-0.2, 0) is 0 Å². The molecule has 2 aliphatic rings. The fraction of sp³-hybridized carbons (Fsp3) is 1.00. The standard InChI is InChI=1S/C17H34N2O/c1-3-18-17(14-20)12-7-8-15(17)11-13-19(2)16-9-5-4-6-10-16/h15-16,18,20H,3-14H2,1-2H3. The van der Waals surface area contributed by atoms with E-state index < -0.39 is 0 Å². The van der Waals surface area contributed by atoms with Gasteiger partial charge in [0.1, 0.15) is 0 Å². The van der Waals surface area contributed by atoms with E-state index in [4.69, 9.17) is 0 Å². The van der Waals surface area contributed by atoms with Gasteiger partial charge in [0.2, 0.25) is 0 Å². The van der Waals surface area contributed by atoms with Gasteiger partial charge in [0.15, 0.2) is 0 Å². The zero-order valence-corrected chi connectivity index (χ0v) is 13.5. The largest absolute Gasteiger partial charge is 0.394 e. The van der Waals surface area contributed by atoms with E-state index in [2.05, 4.69) is 24.2 Å². The van der Waals surface area contributed by atoms with Crippen molar-refractivity contribution in [3.63, 3.8) is 0 Å². The van der Waals surface area contributed by atoms with Gasteiger partial charge in [0.05, 0.1) is 6.61 Å². The van der Waals surface area contributed by atoms with Gasteiger partial charge < -0.3 is 15.3 Å². The summed E-state index contributed by atoms with van der Waals surface area (Å²) in [4.78, 5) is 2.59. The maximum Gasteiger partial charge on any atom is 0.0616 e. The molecule has 20 heavy (non-hydrogen) atoms. The fourth-order valence-electron chi connectivity index (χ4n) is 4.48. The number of nitrogens with one attached hydrogen (secondary N) is 1. The van der Waals surface area contributed by atoms with Gasteiger partial charge in [-0.2, -0.15) is 0 Å². The predicted octanol–water partition coefficient (Wildman–Crippen LogP) is 2.78. The normalized spacial score (nSPS) is 32.1. The van der Waals surface area contributed by atoms with Crippen molar-refractivity contribution in [3.05, 3.63) is 0 Å². The quantitative estimate of drug-likeness (QED) is 0.754. The lowest BCUT2D eigenvalue weighted by molar-refractivity contribution is 0.106. The predicted molar refractivity (Wildman–Crippen MR) is 85.0 cm³/mol. The van der Waals surface area contributed by atoms with Crippen LogP contribution in [0.5, 0.6) is 0 Å². The molecule has 0 amide bonds. The van der Waals surface area contributed by atoms with E-state index in [-0.39, 0.29) is 5.54 Å². The monoisotopic (exact) mass is 282 g/mol. The summed E-state index contributed by atoms with van der Waals surface area (Å²) < 4.78 is 0. The second-order valence-electron chi connectivity index (χ2n) is 6.99. The number of aliphatic hydroxyl groups excluding tert-OH is 1. The Labute approximate surface area is 125 Å². The summed E-state index contributed by atoms with van der Waals surface area (Å²) in [5.41, 5.74) is 0.0160. The summed E-state index contributed by atoms with van der Waals surface area (Å²) in [6, 6.07) is 0.813. The molecule has 2 fully saturated rings. The Morgan fingerprint density at radius 1 is 1.15 bits per heavy atom. The van der Waals surface area contributed by atoms with E-state index in [1.165, 1.54) is 57.9 Å². The molecule has 2 rings (SSSR count). The average Bonchev–Trinajstić information content (AvgIpc) is 2.89. The van der Waals surface area contributed by atoms with Crippen LogP contribution >= 0.6 is 0 Å². The molecule has 2 saturated carbocycles. The molecule has 3 nitrogen and oxygen atoms in total. The van der Waals surface area contributed by atoms with Crippen LogP contribution in [0.2, 0.25) is 0 Å². The first kappa shape index (κ1) is 16.3. The Morgan fingerprint density at radius 2 is 1.90 bits per heavy atom. The lowest BCUT2D eigenvalue weighted by Gasteiger charge is -2.37. The number of hydrogen-bond acceptors (Lipinski definition) is 3. The smallest absolute Gasteiger partial charge is 0.0616 e. The lowest BCUT2D eigenvalue weighted by atomic mass is 9.84. The molecule has 2 atom stereocenters. The van der Waals surface area contributed by atoms with Crippen LogP contribution in [0, 0.1) is 5.92 Å². The van der Waals surface area contributed by atoms with Crippen molar-refractivity contribution >= 4 is 0 Å². The van der Waals surface area contributed by atoms with Gasteiger partial charge in [-0.25, -0.2) is 0 Å². The van der Waals surface area contributed by atoms with Crippen LogP contribution in [-0.4, -0.2) is 48.3 Å². The van der Waals surface area contributed by atoms with Crippen LogP contribution in [0.25, 0.3) is 0 Å². The third-order valence-corrected chi connectivity index (χ3v) is 5.80. The number of aliphatic hydroxyl groups is 1. The average molecular weight is 282 g/mol. The second-order valence-corrected chi connectivity index (χ2v) is 6.99. The van der Waals surface area contributed by atoms with Gasteiger partial charge in [0.25, 0.3) is 0 Å². The Hall–Kier alpha value is -0.120. The van der Waals surface area contributed by atoms with Crippen molar-refractivity contribution < 1.29 is 5.11 Å². The van der Waals surface area contributed by atoms with E-state index in [0.29, 0.717) is 12.5 Å². The van der Waals surface area contributed by atoms with Crippen LogP contribution in [0.1, 0.15) is 64.7 Å². The summed E-state index contributed by atoms with van der Waals surface area (Å²) >= 11 is 0. The SMILES string of the molecule is CCNC1(CO)CCCC1CCN(C)C1CCCCC1. The highest BCUT2D eigenvalue weighted by atomic mass is 16.3. The zero-order chi connectivity index (χ0) is 14.4. The first-order chi connectivity index (χ1) is 9.72. The fourth-order valence-corrected chi connectivity index (χ4v) is 4.48. The van der Waals surface area contributed by atoms with E-state index in [1.807, 2.05) is 0 Å². The Balaban J connectivity index is 1.82. The van der Waals surface area contributed by atoms with E-state index in [9.17, 15) is 5.11 Å². The minimum atomic E-state index is 0.0160. The minimum Gasteiger partial charge on any atom is -0.394 e. The van der Waals surface area contributed by atoms with Gasteiger partial charge in [-0.3, -0.25) is 0 Å². The lowest BCUT2D eigenvalue weighted by Crippen LogP contribution is -2.52. The molecular formula is C17H34N2O. The highest BCUT2D eigenvalue weighted by Crippen LogP contribution is 2.38. The minimum absolute atomic E-state index is 0.0160. The van der Waals surface area contributed by atoms with E-state index >= 15 is 0 Å². The number of nitrogens with zero attached hydrogens (tertiary/aromatic N) is 1. The molecule has 0 saturated heterocycles. The highest BCUT2D eigenvalue weighted by molar-refractivity contribution is 4.99. The topological polar surface area (TPSA) is 35.5 Å². The molecule has 0 aromatic rings. The molecule has 0 bridgehead atoms. The van der Waals surface area contributed by atoms with Crippen molar-refractivity contribution in [2.75, 3.05) is 26.7 Å². The van der Waals surface area contributed by atoms with Gasteiger partial charge >= 0.3 is 0 Å². The van der Waals surface area contributed by atoms with Crippen molar-refractivity contribution in [1.29, 1.82) is 0 Å². The number of rotatable bonds is 7. The molecule has 2 aliphatic carbocycles. The van der Waals surface area contributed by atoms with Gasteiger partial charge in [-0.15, -0.1) is 0 Å². The molecule has 0 aromatic heterocycles. The Bertz CT molecular complexity index is 278. The van der Waals surface area contributed by atoms with E-state index in [1.54, 1.807) is 0 Å². The summed E-state index contributed by atoms with van der Waals surface area (Å²) in [6.45, 7) is 4.62. The van der Waals surface area contributed by atoms with Crippen molar-refractivity contribution in [2.45, 2.75) is 76.3 Å². The third-order valence-electron chi connectivity index (χ3n) is 5.80. The summed E-state index contributed by atoms with van der Waals surface area (Å²) in [6.07, 6.45) is 12.0. The van der Waals surface area contributed by atoms with E-state index in [0.717, 1.165) is 19.0 Å². The number of hydrogen-bond donors (Lipinski definition) is 2. The molecule has 0 aromatic carbocycles. The number of likely N-dealkylation sites (N-methyl/N-ethyl adjacent to an activating group) is 1. The van der Waals surface area contributed by atoms with Crippen LogP contribution in [0.3, 0.4) is 0 Å². The summed E-state index contributed by atoms with van der Waals surface area (Å²) in [5.74, 6) is 0.651. The van der Waals surface area contributed by atoms with Gasteiger partial charge in [0, 0.05) is 11.6 Å². The highest BCUT2D eigenvalue weighted by Gasteiger charge is 2.41. The van der Waals surface area contributed by atoms with Gasteiger partial charge in [-0.1, -0.05) is 32.6 Å². The van der Waals surface area contributed by atoms with Crippen molar-refractivity contribution in [1.82, 2.24) is 10.2 Å². The summed E-state index contributed by atoms with van der Waals surface area (Å²) in [5, 5.41) is 13.4. The van der Waals surface area contributed by atoms with Crippen molar-refractivity contribution in [2.24, 2.45) is 5.92 Å². The molecule has 2 N–H and O–H groups in total. The Kier molecular flexibility index (Phi) is 6.31. The van der Waals surface area contributed by atoms with Crippen LogP contribution in [0.15, 0.2) is 0 Å². The third kappa shape index (κ3) is 3.75. The van der Waals surface area contributed by atoms with Crippen LogP contribution < -0.4 is 5.32 Å². The second kappa shape index (κ2) is 7.77. The molecule has 118 valence electrons. The molecule has 3 heteroatoms. The maximum absolute atomic E-state index is 9.86. The Morgan fingerprint density at radius 3 is 2.55 bits per heavy atom. The molecule has 0 spiro atoms. The van der Waals surface area contributed by atoms with Gasteiger partial charge in [-0.05, 0) is 58.2 Å². The first-order valence-electron chi connectivity index (χ1n) is 8.78. The molecule has 0 radical (unpaired) electrons. The molecule has 2 unspecified atom stereocenters. The zero-order valence-electron chi connectivity index (χ0n) is 13.5. The van der Waals surface area contributed by atoms with Crippen molar-refractivity contribution in [3.8, 4) is 0 Å². The molecular weight excluding hydrogens is 248 g/mol. The molecule has 0 aliphatic heterocycles. The summed E-state index contributed by atoms with van der Waals surface area (Å²) in [7, 11) is 2.30. The maximum atomic E-state index is 9.86. The molecule has 0 heterocycles. The van der Waals surface area contributed by atoms with Crippen LogP contribution in [0.4, 0.5) is 0 Å².